The molecule has 0 aromatic rings. The zero-order chi connectivity index (χ0) is 11.2. The second kappa shape index (κ2) is 14.6. The molecule has 0 spiro atoms. The lowest BCUT2D eigenvalue weighted by molar-refractivity contribution is -0.108. The van der Waals surface area contributed by atoms with Crippen molar-refractivity contribution in [1.82, 2.24) is 0 Å². The van der Waals surface area contributed by atoms with E-state index >= 15 is 0 Å². The fourth-order valence-corrected chi connectivity index (χ4v) is 0.723. The molecule has 0 aliphatic rings. The van der Waals surface area contributed by atoms with Crippen molar-refractivity contribution in [3.05, 3.63) is 11.6 Å². The Hall–Kier alpha value is -0.920. The molecular weight excluding hydrogens is 176 g/mol. The lowest BCUT2D eigenvalue weighted by atomic mass is 10.2. The van der Waals surface area contributed by atoms with Gasteiger partial charge in [0.25, 0.3) is 0 Å². The highest BCUT2D eigenvalue weighted by Crippen LogP contribution is 1.99. The van der Waals surface area contributed by atoms with E-state index in [0.717, 1.165) is 43.8 Å². The third-order valence-corrected chi connectivity index (χ3v) is 1.66. The Labute approximate surface area is 87.4 Å². The summed E-state index contributed by atoms with van der Waals surface area (Å²) in [5.41, 5.74) is 0.928. The van der Waals surface area contributed by atoms with E-state index < -0.39 is 0 Å². The molecule has 14 heavy (non-hydrogen) atoms. The van der Waals surface area contributed by atoms with Gasteiger partial charge in [-0.25, -0.2) is 0 Å². The second-order valence-electron chi connectivity index (χ2n) is 2.99. The molecule has 0 aliphatic heterocycles. The van der Waals surface area contributed by atoms with Gasteiger partial charge in [-0.15, -0.1) is 0 Å². The number of hydrogen-bond donors (Lipinski definition) is 0. The zero-order valence-electron chi connectivity index (χ0n) is 9.58. The summed E-state index contributed by atoms with van der Waals surface area (Å²) >= 11 is 0. The van der Waals surface area contributed by atoms with E-state index in [1.807, 2.05) is 19.9 Å². The topological polar surface area (TPSA) is 34.1 Å². The molecule has 0 bridgehead atoms. The molecule has 0 rings (SSSR count). The Kier molecular flexibility index (Phi) is 16.2. The molecule has 0 unspecified atom stereocenters. The smallest absolute Gasteiger partial charge is 0.145 e. The van der Waals surface area contributed by atoms with E-state index in [4.69, 9.17) is 0 Å². The van der Waals surface area contributed by atoms with Crippen molar-refractivity contribution in [3.8, 4) is 0 Å². The maximum Gasteiger partial charge on any atom is 0.145 e. The summed E-state index contributed by atoms with van der Waals surface area (Å²) in [4.78, 5) is 19.6. The number of hydrogen-bond acceptors (Lipinski definition) is 2. The van der Waals surface area contributed by atoms with E-state index in [-0.39, 0.29) is 0 Å². The Balaban J connectivity index is 0. The highest BCUT2D eigenvalue weighted by molar-refractivity contribution is 5.72. The third kappa shape index (κ3) is 13.7. The van der Waals surface area contributed by atoms with Crippen LogP contribution in [0.4, 0.5) is 0 Å². The summed E-state index contributed by atoms with van der Waals surface area (Å²) in [5, 5.41) is 0. The molecule has 0 atom stereocenters. The van der Waals surface area contributed by atoms with Gasteiger partial charge < -0.3 is 4.79 Å². The maximum atomic E-state index is 10.2. The summed E-state index contributed by atoms with van der Waals surface area (Å²) in [6.07, 6.45) is 8.58. The molecule has 0 heterocycles. The third-order valence-electron chi connectivity index (χ3n) is 1.66. The SMILES string of the molecule is CCCC=C(C=O)CC.CCCC=O. The lowest BCUT2D eigenvalue weighted by Crippen LogP contribution is -1.80. The van der Waals surface area contributed by atoms with E-state index in [1.54, 1.807) is 0 Å². The predicted molar refractivity (Wildman–Crippen MR) is 60.3 cm³/mol. The summed E-state index contributed by atoms with van der Waals surface area (Å²) in [7, 11) is 0. The Morgan fingerprint density at radius 3 is 1.79 bits per heavy atom. The molecular formula is C12H22O2. The van der Waals surface area contributed by atoms with Gasteiger partial charge in [-0.1, -0.05) is 33.3 Å². The Morgan fingerprint density at radius 1 is 1.00 bits per heavy atom. The van der Waals surface area contributed by atoms with Crippen molar-refractivity contribution in [2.45, 2.75) is 52.9 Å². The molecule has 0 fully saturated rings. The average Bonchev–Trinajstić information content (AvgIpc) is 2.22. The quantitative estimate of drug-likeness (QED) is 0.484. The monoisotopic (exact) mass is 198 g/mol. The van der Waals surface area contributed by atoms with Crippen LogP contribution < -0.4 is 0 Å². The standard InChI is InChI=1S/C8H14O.C4H8O/c1-3-5-6-8(4-2)7-9;1-2-3-4-5/h6-7H,3-5H2,1-2H3;4H,2-3H2,1H3. The molecule has 82 valence electrons. The van der Waals surface area contributed by atoms with Gasteiger partial charge in [-0.2, -0.15) is 0 Å². The van der Waals surface area contributed by atoms with Gasteiger partial charge in [0.15, 0.2) is 0 Å². The molecule has 0 aliphatic carbocycles. The van der Waals surface area contributed by atoms with Gasteiger partial charge in [-0.05, 0) is 24.8 Å². The largest absolute Gasteiger partial charge is 0.303 e. The van der Waals surface area contributed by atoms with Crippen LogP contribution >= 0.6 is 0 Å². The average molecular weight is 198 g/mol. The number of carbonyl (C=O) groups excluding carboxylic acids is 2. The summed E-state index contributed by atoms with van der Waals surface area (Å²) < 4.78 is 0. The highest BCUT2D eigenvalue weighted by atomic mass is 16.1. The van der Waals surface area contributed by atoms with Gasteiger partial charge in [0, 0.05) is 6.42 Å². The van der Waals surface area contributed by atoms with Crippen LogP contribution in [0, 0.1) is 0 Å². The summed E-state index contributed by atoms with van der Waals surface area (Å²) in [5.74, 6) is 0. The number of allylic oxidation sites excluding steroid dienone is 2. The van der Waals surface area contributed by atoms with E-state index in [1.165, 1.54) is 0 Å². The molecule has 0 aromatic carbocycles. The zero-order valence-corrected chi connectivity index (χ0v) is 9.58. The van der Waals surface area contributed by atoms with Crippen molar-refractivity contribution in [2.75, 3.05) is 0 Å². The van der Waals surface area contributed by atoms with Crippen molar-refractivity contribution in [3.63, 3.8) is 0 Å². The molecule has 0 radical (unpaired) electrons. The number of rotatable bonds is 6. The Bertz CT molecular complexity index is 160. The van der Waals surface area contributed by atoms with Gasteiger partial charge in [0.2, 0.25) is 0 Å². The molecule has 0 saturated heterocycles. The Morgan fingerprint density at radius 2 is 1.57 bits per heavy atom. The fourth-order valence-electron chi connectivity index (χ4n) is 0.723. The summed E-state index contributed by atoms with van der Waals surface area (Å²) in [6, 6.07) is 0. The minimum Gasteiger partial charge on any atom is -0.303 e. The van der Waals surface area contributed by atoms with Crippen molar-refractivity contribution in [2.24, 2.45) is 0 Å². The molecule has 2 heteroatoms. The van der Waals surface area contributed by atoms with Crippen LogP contribution in [-0.2, 0) is 9.59 Å². The number of aldehydes is 2. The van der Waals surface area contributed by atoms with Crippen LogP contribution in [0.5, 0.6) is 0 Å². The van der Waals surface area contributed by atoms with Crippen LogP contribution in [0.25, 0.3) is 0 Å². The number of carbonyl (C=O) groups is 2. The van der Waals surface area contributed by atoms with E-state index in [0.29, 0.717) is 6.42 Å². The maximum absolute atomic E-state index is 10.2. The molecule has 0 saturated carbocycles. The van der Waals surface area contributed by atoms with Crippen molar-refractivity contribution < 1.29 is 9.59 Å². The van der Waals surface area contributed by atoms with Gasteiger partial charge in [0.1, 0.15) is 12.6 Å². The van der Waals surface area contributed by atoms with E-state index in [2.05, 4.69) is 6.92 Å². The first-order chi connectivity index (χ1) is 6.76. The molecule has 2 nitrogen and oxygen atoms in total. The van der Waals surface area contributed by atoms with Crippen molar-refractivity contribution in [1.29, 1.82) is 0 Å². The predicted octanol–water partition coefficient (Wildman–Crippen LogP) is 3.31. The van der Waals surface area contributed by atoms with Crippen LogP contribution in [-0.4, -0.2) is 12.6 Å². The van der Waals surface area contributed by atoms with Crippen LogP contribution in [0.2, 0.25) is 0 Å². The number of unbranched alkanes of at least 4 members (excludes halogenated alkanes) is 2. The lowest BCUT2D eigenvalue weighted by Gasteiger charge is -1.90. The summed E-state index contributed by atoms with van der Waals surface area (Å²) in [6.45, 7) is 6.08. The van der Waals surface area contributed by atoms with Crippen LogP contribution in [0.1, 0.15) is 52.9 Å². The normalized spacial score (nSPS) is 10.1. The fraction of sp³-hybridized carbons (Fsp3) is 0.667. The minimum absolute atomic E-state index is 0.708. The van der Waals surface area contributed by atoms with Gasteiger partial charge >= 0.3 is 0 Å². The first-order valence-electron chi connectivity index (χ1n) is 5.34. The van der Waals surface area contributed by atoms with Gasteiger partial charge in [-0.3, -0.25) is 4.79 Å². The first kappa shape index (κ1) is 15.5. The first-order valence-corrected chi connectivity index (χ1v) is 5.34. The second-order valence-corrected chi connectivity index (χ2v) is 2.99. The van der Waals surface area contributed by atoms with Crippen LogP contribution in [0.3, 0.4) is 0 Å². The molecule has 0 amide bonds. The van der Waals surface area contributed by atoms with Crippen molar-refractivity contribution >= 4 is 12.6 Å². The van der Waals surface area contributed by atoms with Gasteiger partial charge in [0.05, 0.1) is 0 Å². The highest BCUT2D eigenvalue weighted by Gasteiger charge is 1.86. The minimum atomic E-state index is 0.708. The van der Waals surface area contributed by atoms with Crippen LogP contribution in [0.15, 0.2) is 11.6 Å². The van der Waals surface area contributed by atoms with E-state index in [9.17, 15) is 9.59 Å². The molecule has 0 N–H and O–H groups in total. The molecule has 0 aromatic heterocycles.